The standard InChI is InChI=1S/C14H10N2O5S/c17-13-12-10(8-4-2-1-3-5-8)6-9(22(19,20)21)7-11(12)15-14(18)16-13/h1-7H,(H,19,20,21)(H2,15,16,17,18). The summed E-state index contributed by atoms with van der Waals surface area (Å²) in [5, 5.41) is 0.137. The molecule has 22 heavy (non-hydrogen) atoms. The molecule has 0 spiro atoms. The maximum atomic E-state index is 12.1. The van der Waals surface area contributed by atoms with Crippen LogP contribution in [0.2, 0.25) is 0 Å². The van der Waals surface area contributed by atoms with E-state index in [1.807, 2.05) is 0 Å². The third-order valence-electron chi connectivity index (χ3n) is 3.20. The molecule has 2 aromatic carbocycles. The van der Waals surface area contributed by atoms with Gasteiger partial charge < -0.3 is 4.98 Å². The van der Waals surface area contributed by atoms with Crippen LogP contribution < -0.4 is 11.2 Å². The Balaban J connectivity index is 2.53. The molecule has 0 bridgehead atoms. The van der Waals surface area contributed by atoms with Crippen LogP contribution in [0, 0.1) is 0 Å². The second-order valence-electron chi connectivity index (χ2n) is 4.64. The van der Waals surface area contributed by atoms with Crippen molar-refractivity contribution in [1.29, 1.82) is 0 Å². The molecule has 0 unspecified atom stereocenters. The van der Waals surface area contributed by atoms with E-state index in [2.05, 4.69) is 9.97 Å². The average Bonchev–Trinajstić information content (AvgIpc) is 2.45. The Kier molecular flexibility index (Phi) is 3.19. The number of hydrogen-bond donors (Lipinski definition) is 3. The summed E-state index contributed by atoms with van der Waals surface area (Å²) < 4.78 is 32.1. The van der Waals surface area contributed by atoms with Crippen LogP contribution >= 0.6 is 0 Å². The molecule has 3 aromatic rings. The number of hydrogen-bond acceptors (Lipinski definition) is 4. The van der Waals surface area contributed by atoms with E-state index in [4.69, 9.17) is 0 Å². The first-order valence-electron chi connectivity index (χ1n) is 6.19. The van der Waals surface area contributed by atoms with Crippen molar-refractivity contribution < 1.29 is 13.0 Å². The van der Waals surface area contributed by atoms with Gasteiger partial charge in [0.2, 0.25) is 0 Å². The van der Waals surface area contributed by atoms with E-state index in [0.717, 1.165) is 6.07 Å². The fraction of sp³-hybridized carbons (Fsp3) is 0. The number of aromatic nitrogens is 2. The van der Waals surface area contributed by atoms with Crippen LogP contribution in [0.5, 0.6) is 0 Å². The zero-order chi connectivity index (χ0) is 15.9. The molecule has 1 aromatic heterocycles. The minimum Gasteiger partial charge on any atom is -0.307 e. The van der Waals surface area contributed by atoms with Crippen LogP contribution in [0.3, 0.4) is 0 Å². The van der Waals surface area contributed by atoms with Crippen LogP contribution in [0.4, 0.5) is 0 Å². The number of fused-ring (bicyclic) bond motifs is 1. The second kappa shape index (κ2) is 4.93. The predicted molar refractivity (Wildman–Crippen MR) is 80.4 cm³/mol. The predicted octanol–water partition coefficient (Wildman–Crippen LogP) is 1.13. The number of H-pyrrole nitrogens is 2. The smallest absolute Gasteiger partial charge is 0.307 e. The molecule has 0 fully saturated rings. The van der Waals surface area contributed by atoms with Gasteiger partial charge in [0.15, 0.2) is 0 Å². The molecule has 3 N–H and O–H groups in total. The van der Waals surface area contributed by atoms with Gasteiger partial charge in [-0.05, 0) is 23.3 Å². The van der Waals surface area contributed by atoms with Gasteiger partial charge in [-0.1, -0.05) is 30.3 Å². The van der Waals surface area contributed by atoms with Gasteiger partial charge in [-0.25, -0.2) is 4.79 Å². The highest BCUT2D eigenvalue weighted by Gasteiger charge is 2.17. The van der Waals surface area contributed by atoms with Crippen LogP contribution in [0.1, 0.15) is 0 Å². The summed E-state index contributed by atoms with van der Waals surface area (Å²) in [6.07, 6.45) is 0. The molecule has 1 heterocycles. The lowest BCUT2D eigenvalue weighted by Gasteiger charge is -2.08. The van der Waals surface area contributed by atoms with Crippen LogP contribution in [0.15, 0.2) is 56.9 Å². The molecular formula is C14H10N2O5S. The van der Waals surface area contributed by atoms with E-state index in [1.165, 1.54) is 6.07 Å². The number of nitrogens with one attached hydrogen (secondary N) is 2. The fourth-order valence-electron chi connectivity index (χ4n) is 2.27. The fourth-order valence-corrected chi connectivity index (χ4v) is 2.81. The second-order valence-corrected chi connectivity index (χ2v) is 6.06. The van der Waals surface area contributed by atoms with Crippen molar-refractivity contribution in [3.63, 3.8) is 0 Å². The van der Waals surface area contributed by atoms with Crippen molar-refractivity contribution in [3.8, 4) is 11.1 Å². The van der Waals surface area contributed by atoms with Crippen molar-refractivity contribution in [2.45, 2.75) is 4.90 Å². The minimum atomic E-state index is -4.48. The van der Waals surface area contributed by atoms with E-state index in [1.54, 1.807) is 30.3 Å². The molecule has 3 rings (SSSR count). The number of rotatable bonds is 2. The first-order valence-corrected chi connectivity index (χ1v) is 7.63. The van der Waals surface area contributed by atoms with E-state index < -0.39 is 26.3 Å². The summed E-state index contributed by atoms with van der Waals surface area (Å²) in [7, 11) is -4.48. The van der Waals surface area contributed by atoms with Gasteiger partial charge in [-0.2, -0.15) is 8.42 Å². The van der Waals surface area contributed by atoms with Crippen molar-refractivity contribution in [1.82, 2.24) is 9.97 Å². The van der Waals surface area contributed by atoms with Crippen LogP contribution in [-0.2, 0) is 10.1 Å². The van der Waals surface area contributed by atoms with Crippen molar-refractivity contribution >= 4 is 21.0 Å². The zero-order valence-corrected chi connectivity index (χ0v) is 11.8. The van der Waals surface area contributed by atoms with Gasteiger partial charge >= 0.3 is 5.69 Å². The molecule has 0 saturated heterocycles. The third kappa shape index (κ3) is 2.45. The van der Waals surface area contributed by atoms with Gasteiger partial charge in [0.1, 0.15) is 0 Å². The molecule has 0 amide bonds. The summed E-state index contributed by atoms with van der Waals surface area (Å²) in [5.41, 5.74) is -0.495. The highest BCUT2D eigenvalue weighted by atomic mass is 32.2. The molecule has 8 heteroatoms. The summed E-state index contributed by atoms with van der Waals surface area (Å²) in [6, 6.07) is 10.8. The van der Waals surface area contributed by atoms with Gasteiger partial charge in [0, 0.05) is 0 Å². The molecule has 7 nitrogen and oxygen atoms in total. The maximum absolute atomic E-state index is 12.1. The Labute approximate surface area is 124 Å². The average molecular weight is 318 g/mol. The SMILES string of the molecule is O=c1[nH]c(=O)c2c(-c3ccccc3)cc(S(=O)(=O)O)cc2[nH]1. The van der Waals surface area contributed by atoms with Crippen LogP contribution in [-0.4, -0.2) is 22.9 Å². The normalized spacial score (nSPS) is 11.7. The Morgan fingerprint density at radius 1 is 0.955 bits per heavy atom. The van der Waals surface area contributed by atoms with E-state index in [9.17, 15) is 22.6 Å². The van der Waals surface area contributed by atoms with Gasteiger partial charge in [-0.15, -0.1) is 0 Å². The monoisotopic (exact) mass is 318 g/mol. The molecular weight excluding hydrogens is 308 g/mol. The summed E-state index contributed by atoms with van der Waals surface area (Å²) in [5.74, 6) is 0. The number of benzene rings is 2. The van der Waals surface area contributed by atoms with Crippen molar-refractivity contribution in [2.24, 2.45) is 0 Å². The van der Waals surface area contributed by atoms with E-state index >= 15 is 0 Å². The van der Waals surface area contributed by atoms with E-state index in [0.29, 0.717) is 11.1 Å². The molecule has 0 aliphatic rings. The molecule has 0 saturated carbocycles. The highest BCUT2D eigenvalue weighted by molar-refractivity contribution is 7.85. The minimum absolute atomic E-state index is 0.0303. The molecule has 0 radical (unpaired) electrons. The first kappa shape index (κ1) is 14.2. The lowest BCUT2D eigenvalue weighted by Crippen LogP contribution is -2.22. The third-order valence-corrected chi connectivity index (χ3v) is 4.03. The molecule has 0 aliphatic heterocycles. The molecule has 0 atom stereocenters. The van der Waals surface area contributed by atoms with Gasteiger partial charge in [0.25, 0.3) is 15.7 Å². The zero-order valence-electron chi connectivity index (χ0n) is 11.0. The summed E-state index contributed by atoms with van der Waals surface area (Å²) in [4.78, 5) is 27.5. The topological polar surface area (TPSA) is 120 Å². The Hall–Kier alpha value is -2.71. The Bertz CT molecular complexity index is 1080. The van der Waals surface area contributed by atoms with Crippen molar-refractivity contribution in [2.75, 3.05) is 0 Å². The van der Waals surface area contributed by atoms with Crippen LogP contribution in [0.25, 0.3) is 22.0 Å². The largest absolute Gasteiger partial charge is 0.326 e. The lowest BCUT2D eigenvalue weighted by molar-refractivity contribution is 0.483. The number of aromatic amines is 2. The lowest BCUT2D eigenvalue weighted by atomic mass is 10.0. The molecule has 112 valence electrons. The molecule has 0 aliphatic carbocycles. The Morgan fingerprint density at radius 2 is 1.64 bits per heavy atom. The Morgan fingerprint density at radius 3 is 2.27 bits per heavy atom. The van der Waals surface area contributed by atoms with E-state index in [-0.39, 0.29) is 10.9 Å². The van der Waals surface area contributed by atoms with Crippen molar-refractivity contribution in [3.05, 3.63) is 63.3 Å². The highest BCUT2D eigenvalue weighted by Crippen LogP contribution is 2.28. The quantitative estimate of drug-likeness (QED) is 0.612. The maximum Gasteiger partial charge on any atom is 0.326 e. The van der Waals surface area contributed by atoms with Gasteiger partial charge in [-0.3, -0.25) is 14.3 Å². The summed E-state index contributed by atoms with van der Waals surface area (Å²) in [6.45, 7) is 0. The summed E-state index contributed by atoms with van der Waals surface area (Å²) >= 11 is 0. The van der Waals surface area contributed by atoms with Gasteiger partial charge in [0.05, 0.1) is 15.8 Å². The first-order chi connectivity index (χ1) is 10.4.